The highest BCUT2D eigenvalue weighted by atomic mass is 16.3. The van der Waals surface area contributed by atoms with Crippen LogP contribution in [0.3, 0.4) is 0 Å². The van der Waals surface area contributed by atoms with Crippen LogP contribution >= 0.6 is 0 Å². The lowest BCUT2D eigenvalue weighted by atomic mass is 9.85. The van der Waals surface area contributed by atoms with E-state index in [1.807, 2.05) is 0 Å². The van der Waals surface area contributed by atoms with Gasteiger partial charge in [0.15, 0.2) is 0 Å². The van der Waals surface area contributed by atoms with Crippen molar-refractivity contribution >= 4 is 0 Å². The largest absolute Gasteiger partial charge is 0.388 e. The summed E-state index contributed by atoms with van der Waals surface area (Å²) in [7, 11) is 0. The number of hydrogen-bond acceptors (Lipinski definition) is 4. The molecule has 0 radical (unpaired) electrons. The Bertz CT molecular complexity index is 375. The SMILES string of the molecule is CC(C)(O)c1cn(CC2(O)CCCCC2)nn1. The highest BCUT2D eigenvalue weighted by molar-refractivity contribution is 5.03. The van der Waals surface area contributed by atoms with Crippen molar-refractivity contribution in [1.29, 1.82) is 0 Å². The summed E-state index contributed by atoms with van der Waals surface area (Å²) in [5, 5.41) is 28.1. The highest BCUT2D eigenvalue weighted by Crippen LogP contribution is 2.29. The molecule has 0 aliphatic heterocycles. The van der Waals surface area contributed by atoms with Crippen molar-refractivity contribution in [2.75, 3.05) is 0 Å². The van der Waals surface area contributed by atoms with Crippen LogP contribution in [-0.2, 0) is 12.1 Å². The molecule has 2 N–H and O–H groups in total. The van der Waals surface area contributed by atoms with Crippen molar-refractivity contribution in [2.45, 2.75) is 63.7 Å². The first kappa shape index (κ1) is 12.5. The maximum atomic E-state index is 10.4. The zero-order valence-corrected chi connectivity index (χ0v) is 10.6. The van der Waals surface area contributed by atoms with Gasteiger partial charge in [0.25, 0.3) is 0 Å². The number of nitrogens with zero attached hydrogens (tertiary/aromatic N) is 3. The summed E-state index contributed by atoms with van der Waals surface area (Å²) in [6.07, 6.45) is 6.71. The van der Waals surface area contributed by atoms with E-state index in [2.05, 4.69) is 10.3 Å². The van der Waals surface area contributed by atoms with Crippen LogP contribution in [0.1, 0.15) is 51.6 Å². The maximum Gasteiger partial charge on any atom is 0.114 e. The molecular weight excluding hydrogens is 218 g/mol. The quantitative estimate of drug-likeness (QED) is 0.831. The lowest BCUT2D eigenvalue weighted by Gasteiger charge is -2.31. The Morgan fingerprint density at radius 1 is 1.35 bits per heavy atom. The molecular formula is C12H21N3O2. The first-order chi connectivity index (χ1) is 7.89. The summed E-state index contributed by atoms with van der Waals surface area (Å²) >= 11 is 0. The number of aromatic nitrogens is 3. The third kappa shape index (κ3) is 3.04. The van der Waals surface area contributed by atoms with E-state index >= 15 is 0 Å². The third-order valence-corrected chi connectivity index (χ3v) is 3.41. The fourth-order valence-corrected chi connectivity index (χ4v) is 2.33. The van der Waals surface area contributed by atoms with Crippen LogP contribution in [0.25, 0.3) is 0 Å². The zero-order chi connectivity index (χ0) is 12.5. The summed E-state index contributed by atoms with van der Waals surface area (Å²) in [6, 6.07) is 0. The van der Waals surface area contributed by atoms with Crippen molar-refractivity contribution in [3.05, 3.63) is 11.9 Å². The molecule has 1 aliphatic carbocycles. The fraction of sp³-hybridized carbons (Fsp3) is 0.833. The molecule has 0 unspecified atom stereocenters. The summed E-state index contributed by atoms with van der Waals surface area (Å²) in [5.41, 5.74) is -1.09. The fourth-order valence-electron chi connectivity index (χ4n) is 2.33. The molecule has 1 saturated carbocycles. The molecule has 0 amide bonds. The second-order valence-corrected chi connectivity index (χ2v) is 5.65. The first-order valence-electron chi connectivity index (χ1n) is 6.24. The van der Waals surface area contributed by atoms with E-state index in [0.717, 1.165) is 25.7 Å². The minimum atomic E-state index is -0.979. The molecule has 96 valence electrons. The van der Waals surface area contributed by atoms with Crippen LogP contribution in [-0.4, -0.2) is 30.8 Å². The van der Waals surface area contributed by atoms with Crippen LogP contribution < -0.4 is 0 Å². The van der Waals surface area contributed by atoms with Crippen molar-refractivity contribution < 1.29 is 10.2 Å². The molecule has 5 nitrogen and oxygen atoms in total. The lowest BCUT2D eigenvalue weighted by Crippen LogP contribution is -2.36. The van der Waals surface area contributed by atoms with E-state index in [-0.39, 0.29) is 0 Å². The minimum Gasteiger partial charge on any atom is -0.388 e. The summed E-state index contributed by atoms with van der Waals surface area (Å²) in [5.74, 6) is 0. The molecule has 0 bridgehead atoms. The van der Waals surface area contributed by atoms with Gasteiger partial charge in [-0.15, -0.1) is 5.10 Å². The van der Waals surface area contributed by atoms with Crippen molar-refractivity contribution in [3.63, 3.8) is 0 Å². The molecule has 1 fully saturated rings. The predicted molar refractivity (Wildman–Crippen MR) is 63.3 cm³/mol. The van der Waals surface area contributed by atoms with E-state index in [4.69, 9.17) is 0 Å². The van der Waals surface area contributed by atoms with Crippen LogP contribution in [0.2, 0.25) is 0 Å². The van der Waals surface area contributed by atoms with Gasteiger partial charge in [0.05, 0.1) is 18.3 Å². The molecule has 1 aliphatic rings. The second-order valence-electron chi connectivity index (χ2n) is 5.65. The average molecular weight is 239 g/mol. The second kappa shape index (κ2) is 4.38. The molecule has 1 aromatic heterocycles. The van der Waals surface area contributed by atoms with Crippen LogP contribution in [0, 0.1) is 0 Å². The van der Waals surface area contributed by atoms with Gasteiger partial charge in [-0.05, 0) is 26.7 Å². The molecule has 0 saturated heterocycles. The van der Waals surface area contributed by atoms with E-state index in [9.17, 15) is 10.2 Å². The van der Waals surface area contributed by atoms with Gasteiger partial charge < -0.3 is 10.2 Å². The van der Waals surface area contributed by atoms with Crippen molar-refractivity contribution in [1.82, 2.24) is 15.0 Å². The molecule has 0 atom stereocenters. The predicted octanol–water partition coefficient (Wildman–Crippen LogP) is 1.20. The Morgan fingerprint density at radius 3 is 2.53 bits per heavy atom. The van der Waals surface area contributed by atoms with Crippen molar-refractivity contribution in [3.8, 4) is 0 Å². The van der Waals surface area contributed by atoms with Gasteiger partial charge in [0.1, 0.15) is 11.3 Å². The van der Waals surface area contributed by atoms with E-state index < -0.39 is 11.2 Å². The Hall–Kier alpha value is -0.940. The molecule has 0 spiro atoms. The summed E-state index contributed by atoms with van der Waals surface area (Å²) < 4.78 is 1.64. The topological polar surface area (TPSA) is 71.2 Å². The lowest BCUT2D eigenvalue weighted by molar-refractivity contribution is -0.0147. The van der Waals surface area contributed by atoms with Gasteiger partial charge in [-0.3, -0.25) is 0 Å². The van der Waals surface area contributed by atoms with E-state index in [1.165, 1.54) is 6.42 Å². The Balaban J connectivity index is 2.06. The van der Waals surface area contributed by atoms with Gasteiger partial charge in [0.2, 0.25) is 0 Å². The van der Waals surface area contributed by atoms with E-state index in [1.54, 1.807) is 24.7 Å². The van der Waals surface area contributed by atoms with E-state index in [0.29, 0.717) is 12.2 Å². The molecule has 1 heterocycles. The van der Waals surface area contributed by atoms with Crippen LogP contribution in [0.5, 0.6) is 0 Å². The maximum absolute atomic E-state index is 10.4. The Kier molecular flexibility index (Phi) is 3.23. The van der Waals surface area contributed by atoms with Crippen molar-refractivity contribution in [2.24, 2.45) is 0 Å². The minimum absolute atomic E-state index is 0.468. The van der Waals surface area contributed by atoms with Gasteiger partial charge in [0, 0.05) is 0 Å². The van der Waals surface area contributed by atoms with Gasteiger partial charge in [-0.2, -0.15) is 0 Å². The monoisotopic (exact) mass is 239 g/mol. The molecule has 1 aromatic rings. The molecule has 5 heteroatoms. The van der Waals surface area contributed by atoms with Crippen LogP contribution in [0.15, 0.2) is 6.20 Å². The number of aliphatic hydroxyl groups is 2. The zero-order valence-electron chi connectivity index (χ0n) is 10.6. The smallest absolute Gasteiger partial charge is 0.114 e. The molecule has 0 aromatic carbocycles. The first-order valence-corrected chi connectivity index (χ1v) is 6.24. The number of rotatable bonds is 3. The Morgan fingerprint density at radius 2 is 2.00 bits per heavy atom. The van der Waals surface area contributed by atoms with Gasteiger partial charge in [-0.25, -0.2) is 4.68 Å². The molecule has 2 rings (SSSR count). The normalized spacial score (nSPS) is 20.5. The number of hydrogen-bond donors (Lipinski definition) is 2. The van der Waals surface area contributed by atoms with Gasteiger partial charge >= 0.3 is 0 Å². The van der Waals surface area contributed by atoms with Crippen LogP contribution in [0.4, 0.5) is 0 Å². The van der Waals surface area contributed by atoms with Gasteiger partial charge in [-0.1, -0.05) is 24.5 Å². The average Bonchev–Trinajstić information content (AvgIpc) is 2.66. The third-order valence-electron chi connectivity index (χ3n) is 3.41. The summed E-state index contributed by atoms with van der Waals surface area (Å²) in [6.45, 7) is 3.82. The highest BCUT2D eigenvalue weighted by Gasteiger charge is 2.30. The standard InChI is InChI=1S/C12H21N3O2/c1-11(2,16)10-8-15(14-13-10)9-12(17)6-4-3-5-7-12/h8,16-17H,3-7,9H2,1-2H3. The summed E-state index contributed by atoms with van der Waals surface area (Å²) in [4.78, 5) is 0. The Labute approximate surface area is 101 Å². The molecule has 17 heavy (non-hydrogen) atoms.